The zero-order valence-corrected chi connectivity index (χ0v) is 11.5. The first-order valence-corrected chi connectivity index (χ1v) is 8.47. The minimum absolute atomic E-state index is 0.261. The Morgan fingerprint density at radius 2 is 2.06 bits per heavy atom. The van der Waals surface area contributed by atoms with Crippen molar-refractivity contribution in [2.45, 2.75) is 57.5 Å². The average Bonchev–Trinajstić information content (AvgIpc) is 2.98. The van der Waals surface area contributed by atoms with Crippen LogP contribution in [0.2, 0.25) is 0 Å². The van der Waals surface area contributed by atoms with E-state index in [1.54, 1.807) is 4.31 Å². The summed E-state index contributed by atoms with van der Waals surface area (Å²) in [7, 11) is -3.01. The predicted octanol–water partition coefficient (Wildman–Crippen LogP) is 1.33. The fourth-order valence-electron chi connectivity index (χ4n) is 2.55. The van der Waals surface area contributed by atoms with Gasteiger partial charge in [0.2, 0.25) is 10.0 Å². The molecular formula is C12H24N2O2S. The van der Waals surface area contributed by atoms with Crippen LogP contribution in [0, 0.1) is 0 Å². The fourth-order valence-corrected chi connectivity index (χ4v) is 4.41. The maximum Gasteiger partial charge on any atom is 0.214 e. The van der Waals surface area contributed by atoms with E-state index in [-0.39, 0.29) is 6.04 Å². The van der Waals surface area contributed by atoms with E-state index in [1.165, 1.54) is 12.8 Å². The average molecular weight is 260 g/mol. The van der Waals surface area contributed by atoms with Crippen LogP contribution in [0.15, 0.2) is 0 Å². The zero-order chi connectivity index (χ0) is 12.3. The number of sulfonamides is 1. The summed E-state index contributed by atoms with van der Waals surface area (Å²) in [4.78, 5) is 0. The molecule has 2 fully saturated rings. The van der Waals surface area contributed by atoms with Crippen molar-refractivity contribution in [3.63, 3.8) is 0 Å². The number of hydrogen-bond acceptors (Lipinski definition) is 3. The van der Waals surface area contributed by atoms with Crippen LogP contribution in [0.1, 0.15) is 45.4 Å². The molecule has 1 unspecified atom stereocenters. The van der Waals surface area contributed by atoms with Gasteiger partial charge in [0, 0.05) is 18.6 Å². The van der Waals surface area contributed by atoms with Crippen molar-refractivity contribution in [2.75, 3.05) is 18.8 Å². The molecule has 2 aliphatic rings. The quantitative estimate of drug-likeness (QED) is 0.703. The Morgan fingerprint density at radius 1 is 1.29 bits per heavy atom. The monoisotopic (exact) mass is 260 g/mol. The van der Waals surface area contributed by atoms with E-state index in [0.29, 0.717) is 11.8 Å². The number of rotatable bonds is 7. The van der Waals surface area contributed by atoms with Crippen LogP contribution in [-0.2, 0) is 10.0 Å². The number of nitrogens with zero attached hydrogens (tertiary/aromatic N) is 1. The molecule has 0 aromatic rings. The summed E-state index contributed by atoms with van der Waals surface area (Å²) >= 11 is 0. The van der Waals surface area contributed by atoms with Gasteiger partial charge in [-0.1, -0.05) is 6.92 Å². The summed E-state index contributed by atoms with van der Waals surface area (Å²) in [5.41, 5.74) is 0. The molecule has 0 spiro atoms. The van der Waals surface area contributed by atoms with Gasteiger partial charge in [-0.05, 0) is 45.1 Å². The van der Waals surface area contributed by atoms with Gasteiger partial charge in [-0.25, -0.2) is 8.42 Å². The molecule has 4 nitrogen and oxygen atoms in total. The second-order valence-electron chi connectivity index (χ2n) is 5.21. The Hall–Kier alpha value is -0.130. The molecular weight excluding hydrogens is 236 g/mol. The van der Waals surface area contributed by atoms with Gasteiger partial charge in [0.15, 0.2) is 0 Å². The van der Waals surface area contributed by atoms with Gasteiger partial charge in [-0.15, -0.1) is 0 Å². The normalized spacial score (nSPS) is 26.5. The molecule has 0 aromatic carbocycles. The van der Waals surface area contributed by atoms with E-state index < -0.39 is 10.0 Å². The molecule has 17 heavy (non-hydrogen) atoms. The Morgan fingerprint density at radius 3 is 2.71 bits per heavy atom. The summed E-state index contributed by atoms with van der Waals surface area (Å²) in [6, 6.07) is 0.935. The Kier molecular flexibility index (Phi) is 4.44. The fraction of sp³-hybridized carbons (Fsp3) is 1.00. The Bertz CT molecular complexity index is 338. The molecule has 1 N–H and O–H groups in total. The van der Waals surface area contributed by atoms with Crippen molar-refractivity contribution in [2.24, 2.45) is 0 Å². The number of hydrogen-bond donors (Lipinski definition) is 1. The van der Waals surface area contributed by atoms with Gasteiger partial charge in [0.05, 0.1) is 5.75 Å². The molecule has 0 radical (unpaired) electrons. The predicted molar refractivity (Wildman–Crippen MR) is 69.4 cm³/mol. The highest BCUT2D eigenvalue weighted by Gasteiger charge is 2.32. The smallest absolute Gasteiger partial charge is 0.214 e. The van der Waals surface area contributed by atoms with Crippen LogP contribution in [-0.4, -0.2) is 43.6 Å². The van der Waals surface area contributed by atoms with Crippen LogP contribution < -0.4 is 5.32 Å². The van der Waals surface area contributed by atoms with E-state index in [0.717, 1.165) is 38.8 Å². The largest absolute Gasteiger partial charge is 0.314 e. The van der Waals surface area contributed by atoms with Crippen LogP contribution in [0.5, 0.6) is 0 Å². The van der Waals surface area contributed by atoms with E-state index in [4.69, 9.17) is 0 Å². The maximum absolute atomic E-state index is 12.2. The van der Waals surface area contributed by atoms with E-state index >= 15 is 0 Å². The van der Waals surface area contributed by atoms with E-state index in [1.807, 2.05) is 0 Å². The van der Waals surface area contributed by atoms with Crippen molar-refractivity contribution in [1.82, 2.24) is 9.62 Å². The van der Waals surface area contributed by atoms with Gasteiger partial charge in [-0.3, -0.25) is 0 Å². The molecule has 1 aliphatic carbocycles. The summed E-state index contributed by atoms with van der Waals surface area (Å²) in [5.74, 6) is 0.309. The minimum Gasteiger partial charge on any atom is -0.314 e. The molecule has 0 bridgehead atoms. The Labute approximate surface area is 105 Å². The molecule has 1 saturated heterocycles. The first-order valence-electron chi connectivity index (χ1n) is 6.86. The summed E-state index contributed by atoms with van der Waals surface area (Å²) in [5, 5.41) is 3.36. The SMILES string of the molecule is CCC1CCCN1S(=O)(=O)CCCNC1CC1. The standard InChI is InChI=1S/C12H24N2O2S/c1-2-12-5-3-9-14(12)17(15,16)10-4-8-13-11-6-7-11/h11-13H,2-10H2,1H3. The molecule has 2 rings (SSSR count). The Balaban J connectivity index is 1.76. The van der Waals surface area contributed by atoms with Gasteiger partial charge < -0.3 is 5.32 Å². The van der Waals surface area contributed by atoms with Crippen molar-refractivity contribution in [3.05, 3.63) is 0 Å². The first-order chi connectivity index (χ1) is 8.13. The molecule has 1 heterocycles. The molecule has 1 atom stereocenters. The van der Waals surface area contributed by atoms with Crippen molar-refractivity contribution in [1.29, 1.82) is 0 Å². The highest BCUT2D eigenvalue weighted by molar-refractivity contribution is 7.89. The van der Waals surface area contributed by atoms with Gasteiger partial charge >= 0.3 is 0 Å². The third-order valence-electron chi connectivity index (χ3n) is 3.74. The van der Waals surface area contributed by atoms with Crippen molar-refractivity contribution < 1.29 is 8.42 Å². The molecule has 5 heteroatoms. The third kappa shape index (κ3) is 3.66. The van der Waals surface area contributed by atoms with E-state index in [9.17, 15) is 8.42 Å². The molecule has 1 saturated carbocycles. The first kappa shape index (κ1) is 13.3. The summed E-state index contributed by atoms with van der Waals surface area (Å²) < 4.78 is 26.1. The van der Waals surface area contributed by atoms with Crippen LogP contribution in [0.4, 0.5) is 0 Å². The second kappa shape index (κ2) is 5.67. The molecule has 100 valence electrons. The third-order valence-corrected chi connectivity index (χ3v) is 5.74. The topological polar surface area (TPSA) is 49.4 Å². The highest BCUT2D eigenvalue weighted by Crippen LogP contribution is 2.24. The second-order valence-corrected chi connectivity index (χ2v) is 7.25. The van der Waals surface area contributed by atoms with Crippen LogP contribution >= 0.6 is 0 Å². The van der Waals surface area contributed by atoms with Crippen LogP contribution in [0.3, 0.4) is 0 Å². The number of nitrogens with one attached hydrogen (secondary N) is 1. The van der Waals surface area contributed by atoms with E-state index in [2.05, 4.69) is 12.2 Å². The van der Waals surface area contributed by atoms with Gasteiger partial charge in [0.25, 0.3) is 0 Å². The summed E-state index contributed by atoms with van der Waals surface area (Å²) in [6.45, 7) is 3.65. The van der Waals surface area contributed by atoms with Crippen molar-refractivity contribution >= 4 is 10.0 Å². The minimum atomic E-state index is -3.01. The molecule has 0 amide bonds. The van der Waals surface area contributed by atoms with Gasteiger partial charge in [-0.2, -0.15) is 4.31 Å². The lowest BCUT2D eigenvalue weighted by molar-refractivity contribution is 0.379. The molecule has 1 aliphatic heterocycles. The van der Waals surface area contributed by atoms with Crippen LogP contribution in [0.25, 0.3) is 0 Å². The molecule has 0 aromatic heterocycles. The zero-order valence-electron chi connectivity index (χ0n) is 10.7. The van der Waals surface area contributed by atoms with Crippen molar-refractivity contribution in [3.8, 4) is 0 Å². The van der Waals surface area contributed by atoms with Gasteiger partial charge in [0.1, 0.15) is 0 Å². The lowest BCUT2D eigenvalue weighted by Gasteiger charge is -2.22. The highest BCUT2D eigenvalue weighted by atomic mass is 32.2. The maximum atomic E-state index is 12.2. The summed E-state index contributed by atoms with van der Waals surface area (Å²) in [6.07, 6.45) is 6.27. The lowest BCUT2D eigenvalue weighted by Crippen LogP contribution is -2.37. The lowest BCUT2D eigenvalue weighted by atomic mass is 10.2.